The number of nitrogens with zero attached hydrogens (tertiary/aromatic N) is 1. The van der Waals surface area contributed by atoms with Gasteiger partial charge in [-0.15, -0.1) is 0 Å². The van der Waals surface area contributed by atoms with Gasteiger partial charge in [0, 0.05) is 23.9 Å². The lowest BCUT2D eigenvalue weighted by Gasteiger charge is -2.35. The second-order valence-corrected chi connectivity index (χ2v) is 5.10. The van der Waals surface area contributed by atoms with E-state index in [2.05, 4.69) is 60.5 Å². The van der Waals surface area contributed by atoms with Crippen LogP contribution in [0.25, 0.3) is 0 Å². The van der Waals surface area contributed by atoms with Gasteiger partial charge in [-0.3, -0.25) is 4.98 Å². The van der Waals surface area contributed by atoms with Crippen molar-refractivity contribution >= 4 is 0 Å². The maximum absolute atomic E-state index is 4.22. The lowest BCUT2D eigenvalue weighted by molar-refractivity contribution is 0.368. The van der Waals surface area contributed by atoms with Crippen LogP contribution in [0.3, 0.4) is 0 Å². The summed E-state index contributed by atoms with van der Waals surface area (Å²) >= 11 is 0. The summed E-state index contributed by atoms with van der Waals surface area (Å²) in [7, 11) is 2.00. The molecule has 0 spiro atoms. The number of rotatable bonds is 4. The van der Waals surface area contributed by atoms with Crippen LogP contribution in [0.5, 0.6) is 0 Å². The largest absolute Gasteiger partial charge is 0.312 e. The van der Waals surface area contributed by atoms with E-state index < -0.39 is 0 Å². The molecule has 0 fully saturated rings. The standard InChI is InChI=1S/C16H20N2/c1-16(2,14-9-5-4-6-10-14)15(17-3)13-8-7-11-18-12-13/h4-12,15,17H,1-3H3. The summed E-state index contributed by atoms with van der Waals surface area (Å²) in [6.45, 7) is 4.52. The van der Waals surface area contributed by atoms with Gasteiger partial charge in [-0.1, -0.05) is 50.2 Å². The average molecular weight is 240 g/mol. The van der Waals surface area contributed by atoms with Crippen LogP contribution >= 0.6 is 0 Å². The summed E-state index contributed by atoms with van der Waals surface area (Å²) in [6.07, 6.45) is 3.75. The third-order valence-electron chi connectivity index (χ3n) is 3.55. The van der Waals surface area contributed by atoms with Crippen LogP contribution in [0.1, 0.15) is 31.0 Å². The normalized spacial score (nSPS) is 13.3. The van der Waals surface area contributed by atoms with Crippen LogP contribution in [0.4, 0.5) is 0 Å². The van der Waals surface area contributed by atoms with Gasteiger partial charge in [-0.25, -0.2) is 0 Å². The monoisotopic (exact) mass is 240 g/mol. The molecule has 0 saturated carbocycles. The third-order valence-corrected chi connectivity index (χ3v) is 3.55. The van der Waals surface area contributed by atoms with Crippen molar-refractivity contribution in [2.45, 2.75) is 25.3 Å². The Balaban J connectivity index is 2.38. The quantitative estimate of drug-likeness (QED) is 0.886. The van der Waals surface area contributed by atoms with Gasteiger partial charge in [0.15, 0.2) is 0 Å². The van der Waals surface area contributed by atoms with Gasteiger partial charge in [-0.05, 0) is 24.2 Å². The zero-order chi connectivity index (χ0) is 13.0. The highest BCUT2D eigenvalue weighted by Gasteiger charge is 2.31. The summed E-state index contributed by atoms with van der Waals surface area (Å²) < 4.78 is 0. The first-order valence-corrected chi connectivity index (χ1v) is 6.29. The number of hydrogen-bond acceptors (Lipinski definition) is 2. The number of aromatic nitrogens is 1. The molecule has 0 radical (unpaired) electrons. The lowest BCUT2D eigenvalue weighted by Crippen LogP contribution is -2.35. The Hall–Kier alpha value is -1.67. The molecule has 1 N–H and O–H groups in total. The van der Waals surface area contributed by atoms with Crippen molar-refractivity contribution < 1.29 is 0 Å². The first-order valence-electron chi connectivity index (χ1n) is 6.29. The highest BCUT2D eigenvalue weighted by Crippen LogP contribution is 2.36. The molecule has 0 amide bonds. The molecule has 1 aromatic heterocycles. The van der Waals surface area contributed by atoms with Crippen LogP contribution in [0.15, 0.2) is 54.9 Å². The Labute approximate surface area is 109 Å². The molecule has 0 aliphatic heterocycles. The van der Waals surface area contributed by atoms with Crippen LogP contribution in [-0.2, 0) is 5.41 Å². The number of benzene rings is 1. The Morgan fingerprint density at radius 1 is 1.06 bits per heavy atom. The van der Waals surface area contributed by atoms with Gasteiger partial charge in [-0.2, -0.15) is 0 Å². The molecule has 94 valence electrons. The Kier molecular flexibility index (Phi) is 3.78. The van der Waals surface area contributed by atoms with E-state index in [-0.39, 0.29) is 11.5 Å². The van der Waals surface area contributed by atoms with Gasteiger partial charge in [0.1, 0.15) is 0 Å². The molecule has 0 saturated heterocycles. The van der Waals surface area contributed by atoms with Crippen LogP contribution in [-0.4, -0.2) is 12.0 Å². The fourth-order valence-corrected chi connectivity index (χ4v) is 2.53. The predicted octanol–water partition coefficient (Wildman–Crippen LogP) is 3.32. The first-order chi connectivity index (χ1) is 8.66. The van der Waals surface area contributed by atoms with Crippen LogP contribution < -0.4 is 5.32 Å². The van der Waals surface area contributed by atoms with Crippen molar-refractivity contribution in [1.82, 2.24) is 10.3 Å². The van der Waals surface area contributed by atoms with Gasteiger partial charge in [0.2, 0.25) is 0 Å². The van der Waals surface area contributed by atoms with Crippen molar-refractivity contribution in [2.24, 2.45) is 0 Å². The molecule has 1 heterocycles. The van der Waals surface area contributed by atoms with E-state index >= 15 is 0 Å². The molecule has 2 nitrogen and oxygen atoms in total. The maximum atomic E-state index is 4.22. The molecule has 2 heteroatoms. The predicted molar refractivity (Wildman–Crippen MR) is 75.5 cm³/mol. The van der Waals surface area contributed by atoms with Crippen molar-refractivity contribution in [3.63, 3.8) is 0 Å². The summed E-state index contributed by atoms with van der Waals surface area (Å²) in [5, 5.41) is 3.42. The average Bonchev–Trinajstić information content (AvgIpc) is 2.41. The van der Waals surface area contributed by atoms with Crippen molar-refractivity contribution in [1.29, 1.82) is 0 Å². The van der Waals surface area contributed by atoms with Gasteiger partial charge in [0.25, 0.3) is 0 Å². The molecule has 0 bridgehead atoms. The van der Waals surface area contributed by atoms with Crippen molar-refractivity contribution in [2.75, 3.05) is 7.05 Å². The third kappa shape index (κ3) is 2.44. The second kappa shape index (κ2) is 5.32. The molecular weight excluding hydrogens is 220 g/mol. The Morgan fingerprint density at radius 3 is 2.33 bits per heavy atom. The molecule has 0 aliphatic rings. The fraction of sp³-hybridized carbons (Fsp3) is 0.312. The van der Waals surface area contributed by atoms with E-state index in [1.54, 1.807) is 0 Å². The highest BCUT2D eigenvalue weighted by molar-refractivity contribution is 5.30. The van der Waals surface area contributed by atoms with Crippen LogP contribution in [0, 0.1) is 0 Å². The summed E-state index contributed by atoms with van der Waals surface area (Å²) in [6, 6.07) is 15.0. The highest BCUT2D eigenvalue weighted by atomic mass is 14.9. The van der Waals surface area contributed by atoms with Crippen molar-refractivity contribution in [3.8, 4) is 0 Å². The number of pyridine rings is 1. The minimum atomic E-state index is 0.0129. The minimum Gasteiger partial charge on any atom is -0.312 e. The topological polar surface area (TPSA) is 24.9 Å². The Morgan fingerprint density at radius 2 is 1.78 bits per heavy atom. The second-order valence-electron chi connectivity index (χ2n) is 5.10. The lowest BCUT2D eigenvalue weighted by atomic mass is 9.75. The van der Waals surface area contributed by atoms with E-state index in [0.717, 1.165) is 0 Å². The molecule has 2 aromatic rings. The van der Waals surface area contributed by atoms with E-state index in [0.29, 0.717) is 0 Å². The maximum Gasteiger partial charge on any atom is 0.0425 e. The zero-order valence-corrected chi connectivity index (χ0v) is 11.2. The number of likely N-dealkylation sites (N-methyl/N-ethyl adjacent to an activating group) is 1. The molecule has 1 aromatic carbocycles. The summed E-state index contributed by atoms with van der Waals surface area (Å²) in [5.41, 5.74) is 2.56. The zero-order valence-electron chi connectivity index (χ0n) is 11.2. The molecule has 2 rings (SSSR count). The Bertz CT molecular complexity index is 477. The van der Waals surface area contributed by atoms with Crippen LogP contribution in [0.2, 0.25) is 0 Å². The molecule has 18 heavy (non-hydrogen) atoms. The smallest absolute Gasteiger partial charge is 0.0425 e. The van der Waals surface area contributed by atoms with E-state index in [1.165, 1.54) is 11.1 Å². The molecule has 1 unspecified atom stereocenters. The number of nitrogens with one attached hydrogen (secondary N) is 1. The van der Waals surface area contributed by atoms with E-state index in [4.69, 9.17) is 0 Å². The molecule has 1 atom stereocenters. The van der Waals surface area contributed by atoms with Gasteiger partial charge >= 0.3 is 0 Å². The molecular formula is C16H20N2. The number of hydrogen-bond donors (Lipinski definition) is 1. The van der Waals surface area contributed by atoms with Gasteiger partial charge in [0.05, 0.1) is 0 Å². The van der Waals surface area contributed by atoms with Gasteiger partial charge < -0.3 is 5.32 Å². The first kappa shape index (κ1) is 12.8. The fourth-order valence-electron chi connectivity index (χ4n) is 2.53. The summed E-state index contributed by atoms with van der Waals surface area (Å²) in [4.78, 5) is 4.22. The summed E-state index contributed by atoms with van der Waals surface area (Å²) in [5.74, 6) is 0. The SMILES string of the molecule is CNC(c1cccnc1)C(C)(C)c1ccccc1. The van der Waals surface area contributed by atoms with E-state index in [9.17, 15) is 0 Å². The molecule has 0 aliphatic carbocycles. The van der Waals surface area contributed by atoms with E-state index in [1.807, 2.05) is 25.5 Å². The minimum absolute atomic E-state index is 0.0129. The van der Waals surface area contributed by atoms with Crippen molar-refractivity contribution in [3.05, 3.63) is 66.0 Å².